The topological polar surface area (TPSA) is 30.0 Å². The van der Waals surface area contributed by atoms with E-state index in [-0.39, 0.29) is 5.78 Å². The molecule has 0 N–H and O–H groups in total. The van der Waals surface area contributed by atoms with Crippen molar-refractivity contribution in [1.29, 1.82) is 0 Å². The Morgan fingerprint density at radius 2 is 2.11 bits per heavy atom. The van der Waals surface area contributed by atoms with Crippen LogP contribution in [0.15, 0.2) is 42.6 Å². The summed E-state index contributed by atoms with van der Waals surface area (Å²) < 4.78 is 1.08. The van der Waals surface area contributed by atoms with Crippen molar-refractivity contribution in [3.05, 3.63) is 63.0 Å². The molecular formula is C15H14INO. The first-order valence-corrected chi connectivity index (χ1v) is 6.99. The van der Waals surface area contributed by atoms with Gasteiger partial charge < -0.3 is 0 Å². The van der Waals surface area contributed by atoms with Gasteiger partial charge in [0.15, 0.2) is 5.78 Å². The highest BCUT2D eigenvalue weighted by molar-refractivity contribution is 14.1. The molecule has 18 heavy (non-hydrogen) atoms. The highest BCUT2D eigenvalue weighted by Crippen LogP contribution is 2.11. The highest BCUT2D eigenvalue weighted by atomic mass is 127. The molecule has 3 heteroatoms. The Morgan fingerprint density at radius 3 is 2.72 bits per heavy atom. The maximum absolute atomic E-state index is 12.1. The summed E-state index contributed by atoms with van der Waals surface area (Å²) in [7, 11) is 0. The van der Waals surface area contributed by atoms with Crippen LogP contribution >= 0.6 is 22.6 Å². The minimum absolute atomic E-state index is 0.116. The molecule has 1 aromatic heterocycles. The summed E-state index contributed by atoms with van der Waals surface area (Å²) in [4.78, 5) is 16.4. The van der Waals surface area contributed by atoms with E-state index in [2.05, 4.69) is 34.5 Å². The third kappa shape index (κ3) is 3.38. The van der Waals surface area contributed by atoms with Gasteiger partial charge in [0.25, 0.3) is 0 Å². The highest BCUT2D eigenvalue weighted by Gasteiger charge is 2.08. The number of pyridine rings is 1. The summed E-state index contributed by atoms with van der Waals surface area (Å²) in [6.45, 7) is 2.09. The predicted molar refractivity (Wildman–Crippen MR) is 80.8 cm³/mol. The van der Waals surface area contributed by atoms with Crippen LogP contribution < -0.4 is 0 Å². The standard InChI is InChI=1S/C15H14INO/c1-2-11-6-7-14(17-10-11)9-15(18)12-4-3-5-13(16)8-12/h3-8,10H,2,9H2,1H3. The monoisotopic (exact) mass is 351 g/mol. The van der Waals surface area contributed by atoms with Crippen LogP contribution in [0, 0.1) is 3.57 Å². The van der Waals surface area contributed by atoms with Gasteiger partial charge >= 0.3 is 0 Å². The molecule has 0 aliphatic rings. The average Bonchev–Trinajstić information content (AvgIpc) is 2.39. The van der Waals surface area contributed by atoms with E-state index in [1.54, 1.807) is 0 Å². The maximum atomic E-state index is 12.1. The number of benzene rings is 1. The zero-order valence-electron chi connectivity index (χ0n) is 10.2. The van der Waals surface area contributed by atoms with Crippen LogP contribution in [-0.2, 0) is 12.8 Å². The number of aryl methyl sites for hydroxylation is 1. The van der Waals surface area contributed by atoms with Crippen molar-refractivity contribution in [2.45, 2.75) is 19.8 Å². The van der Waals surface area contributed by atoms with E-state index < -0.39 is 0 Å². The van der Waals surface area contributed by atoms with E-state index in [9.17, 15) is 4.79 Å². The van der Waals surface area contributed by atoms with Crippen LogP contribution in [0.3, 0.4) is 0 Å². The fourth-order valence-electron chi connectivity index (χ4n) is 1.70. The van der Waals surface area contributed by atoms with Crippen molar-refractivity contribution in [3.63, 3.8) is 0 Å². The van der Waals surface area contributed by atoms with Gasteiger partial charge in [-0.15, -0.1) is 0 Å². The molecule has 0 atom stereocenters. The number of hydrogen-bond acceptors (Lipinski definition) is 2. The van der Waals surface area contributed by atoms with E-state index in [4.69, 9.17) is 0 Å². The van der Waals surface area contributed by atoms with E-state index in [0.29, 0.717) is 6.42 Å². The molecule has 0 unspecified atom stereocenters. The predicted octanol–water partition coefficient (Wildman–Crippen LogP) is 3.67. The number of nitrogens with zero attached hydrogens (tertiary/aromatic N) is 1. The smallest absolute Gasteiger partial charge is 0.168 e. The second kappa shape index (κ2) is 6.09. The summed E-state index contributed by atoms with van der Waals surface area (Å²) in [6.07, 6.45) is 3.18. The lowest BCUT2D eigenvalue weighted by atomic mass is 10.1. The number of Topliss-reactive ketones (excluding diaryl/α,β-unsaturated/α-hetero) is 1. The molecule has 0 aliphatic carbocycles. The second-order valence-corrected chi connectivity index (χ2v) is 5.37. The quantitative estimate of drug-likeness (QED) is 0.621. The largest absolute Gasteiger partial charge is 0.294 e. The summed E-state index contributed by atoms with van der Waals surface area (Å²) in [5.41, 5.74) is 2.78. The SMILES string of the molecule is CCc1ccc(CC(=O)c2cccc(I)c2)nc1. The summed E-state index contributed by atoms with van der Waals surface area (Å²) >= 11 is 2.21. The van der Waals surface area contributed by atoms with Gasteiger partial charge in [-0.1, -0.05) is 25.1 Å². The molecular weight excluding hydrogens is 337 g/mol. The molecule has 0 saturated carbocycles. The van der Waals surface area contributed by atoms with Gasteiger partial charge in [0.1, 0.15) is 0 Å². The number of hydrogen-bond donors (Lipinski definition) is 0. The third-order valence-electron chi connectivity index (χ3n) is 2.78. The van der Waals surface area contributed by atoms with E-state index >= 15 is 0 Å². The molecule has 0 radical (unpaired) electrons. The lowest BCUT2D eigenvalue weighted by molar-refractivity contribution is 0.0992. The Hall–Kier alpha value is -1.23. The van der Waals surface area contributed by atoms with Gasteiger partial charge in [0.05, 0.1) is 6.42 Å². The van der Waals surface area contributed by atoms with Crippen molar-refractivity contribution < 1.29 is 4.79 Å². The van der Waals surface area contributed by atoms with Gasteiger partial charge in [-0.05, 0) is 52.8 Å². The van der Waals surface area contributed by atoms with Gasteiger partial charge in [0, 0.05) is 21.0 Å². The third-order valence-corrected chi connectivity index (χ3v) is 3.45. The number of aromatic nitrogens is 1. The zero-order chi connectivity index (χ0) is 13.0. The van der Waals surface area contributed by atoms with Crippen LogP contribution in [0.25, 0.3) is 0 Å². The van der Waals surface area contributed by atoms with Crippen molar-refractivity contribution in [3.8, 4) is 0 Å². The Kier molecular flexibility index (Phi) is 4.47. The average molecular weight is 351 g/mol. The van der Waals surface area contributed by atoms with Crippen molar-refractivity contribution in [2.75, 3.05) is 0 Å². The van der Waals surface area contributed by atoms with E-state index in [0.717, 1.165) is 21.2 Å². The lowest BCUT2D eigenvalue weighted by Crippen LogP contribution is -2.05. The summed E-state index contributed by atoms with van der Waals surface area (Å²) in [6, 6.07) is 11.6. The first kappa shape index (κ1) is 13.2. The molecule has 0 amide bonds. The molecule has 2 rings (SSSR count). The maximum Gasteiger partial charge on any atom is 0.168 e. The number of ketones is 1. The molecule has 1 heterocycles. The van der Waals surface area contributed by atoms with Crippen LogP contribution in [0.2, 0.25) is 0 Å². The minimum atomic E-state index is 0.116. The molecule has 0 fully saturated rings. The molecule has 2 aromatic rings. The summed E-state index contributed by atoms with van der Waals surface area (Å²) in [5.74, 6) is 0.116. The van der Waals surface area contributed by atoms with Crippen LogP contribution in [0.1, 0.15) is 28.5 Å². The van der Waals surface area contributed by atoms with Gasteiger partial charge in [0.2, 0.25) is 0 Å². The molecule has 92 valence electrons. The van der Waals surface area contributed by atoms with E-state index in [1.807, 2.05) is 42.6 Å². The fraction of sp³-hybridized carbons (Fsp3) is 0.200. The Labute approximate surface area is 121 Å². The zero-order valence-corrected chi connectivity index (χ0v) is 12.3. The van der Waals surface area contributed by atoms with E-state index in [1.165, 1.54) is 5.56 Å². The van der Waals surface area contributed by atoms with Crippen LogP contribution in [-0.4, -0.2) is 10.8 Å². The first-order valence-electron chi connectivity index (χ1n) is 5.91. The number of carbonyl (C=O) groups excluding carboxylic acids is 1. The first-order chi connectivity index (χ1) is 8.69. The molecule has 0 bridgehead atoms. The van der Waals surface area contributed by atoms with Crippen LogP contribution in [0.5, 0.6) is 0 Å². The lowest BCUT2D eigenvalue weighted by Gasteiger charge is -2.02. The fourth-order valence-corrected chi connectivity index (χ4v) is 2.24. The summed E-state index contributed by atoms with van der Waals surface area (Å²) in [5, 5.41) is 0. The van der Waals surface area contributed by atoms with Gasteiger partial charge in [-0.25, -0.2) is 0 Å². The number of halogens is 1. The molecule has 2 nitrogen and oxygen atoms in total. The molecule has 0 spiro atoms. The van der Waals surface area contributed by atoms with Crippen molar-refractivity contribution in [2.24, 2.45) is 0 Å². The number of carbonyl (C=O) groups is 1. The minimum Gasteiger partial charge on any atom is -0.294 e. The van der Waals surface area contributed by atoms with Gasteiger partial charge in [-0.2, -0.15) is 0 Å². The normalized spacial score (nSPS) is 10.3. The number of rotatable bonds is 4. The Balaban J connectivity index is 2.11. The van der Waals surface area contributed by atoms with Gasteiger partial charge in [-0.3, -0.25) is 9.78 Å². The molecule has 0 aliphatic heterocycles. The Bertz CT molecular complexity index is 549. The van der Waals surface area contributed by atoms with Crippen molar-refractivity contribution in [1.82, 2.24) is 4.98 Å². The second-order valence-electron chi connectivity index (χ2n) is 4.12. The van der Waals surface area contributed by atoms with Crippen molar-refractivity contribution >= 4 is 28.4 Å². The molecule has 1 aromatic carbocycles. The van der Waals surface area contributed by atoms with Crippen LogP contribution in [0.4, 0.5) is 0 Å². The molecule has 0 saturated heterocycles. The Morgan fingerprint density at radius 1 is 1.28 bits per heavy atom.